The van der Waals surface area contributed by atoms with Crippen molar-refractivity contribution in [3.63, 3.8) is 0 Å². The zero-order chi connectivity index (χ0) is 13.8. The fraction of sp³-hybridized carbons (Fsp3) is 0.263. The zero-order valence-corrected chi connectivity index (χ0v) is 11.6. The Kier molecular flexibility index (Phi) is 3.74. The lowest BCUT2D eigenvalue weighted by molar-refractivity contribution is 0.505. The van der Waals surface area contributed by atoms with Crippen molar-refractivity contribution in [2.45, 2.75) is 18.8 Å². The third kappa shape index (κ3) is 2.70. The maximum Gasteiger partial charge on any atom is 0.0367 e. The number of hydrogen-bond donors (Lipinski definition) is 0. The van der Waals surface area contributed by atoms with E-state index in [2.05, 4.69) is 53.3 Å². The molecule has 0 amide bonds. The van der Waals surface area contributed by atoms with E-state index in [1.807, 2.05) is 12.1 Å². The average molecular weight is 261 g/mol. The number of hydrogen-bond acceptors (Lipinski definition) is 1. The third-order valence-electron chi connectivity index (χ3n) is 4.17. The molecule has 0 bridgehead atoms. The van der Waals surface area contributed by atoms with Crippen LogP contribution in [0.2, 0.25) is 0 Å². The molecule has 0 aromatic heterocycles. The van der Waals surface area contributed by atoms with Gasteiger partial charge in [0.2, 0.25) is 0 Å². The maximum atomic E-state index is 5.40. The molecule has 20 heavy (non-hydrogen) atoms. The zero-order valence-electron chi connectivity index (χ0n) is 11.6. The first-order valence-electron chi connectivity index (χ1n) is 7.23. The average Bonchev–Trinajstić information content (AvgIpc) is 2.56. The lowest BCUT2D eigenvalue weighted by atomic mass is 9.89. The number of piperidine rings is 1. The summed E-state index contributed by atoms with van der Waals surface area (Å²) in [6.07, 6.45) is 7.84. The minimum atomic E-state index is 0.706. The van der Waals surface area contributed by atoms with Crippen LogP contribution in [0.5, 0.6) is 0 Å². The molecule has 0 spiro atoms. The van der Waals surface area contributed by atoms with Crippen molar-refractivity contribution >= 4 is 5.69 Å². The molecule has 0 unspecified atom stereocenters. The number of anilines is 1. The summed E-state index contributed by atoms with van der Waals surface area (Å²) in [6, 6.07) is 19.2. The van der Waals surface area contributed by atoms with Crippen molar-refractivity contribution in [1.82, 2.24) is 0 Å². The molecular formula is C19H19N. The second-order valence-electron chi connectivity index (χ2n) is 5.36. The quantitative estimate of drug-likeness (QED) is 0.737. The van der Waals surface area contributed by atoms with Crippen LogP contribution in [0.15, 0.2) is 54.6 Å². The van der Waals surface area contributed by atoms with E-state index >= 15 is 0 Å². The molecule has 1 fully saturated rings. The van der Waals surface area contributed by atoms with E-state index in [0.29, 0.717) is 5.92 Å². The molecule has 0 N–H and O–H groups in total. The molecular weight excluding hydrogens is 242 g/mol. The van der Waals surface area contributed by atoms with E-state index in [9.17, 15) is 0 Å². The summed E-state index contributed by atoms with van der Waals surface area (Å²) in [5.41, 5.74) is 3.72. The van der Waals surface area contributed by atoms with Crippen molar-refractivity contribution in [3.05, 3.63) is 65.7 Å². The van der Waals surface area contributed by atoms with Gasteiger partial charge in [0.05, 0.1) is 0 Å². The topological polar surface area (TPSA) is 3.24 Å². The molecule has 1 heteroatoms. The Morgan fingerprint density at radius 3 is 2.15 bits per heavy atom. The van der Waals surface area contributed by atoms with Crippen LogP contribution >= 0.6 is 0 Å². The largest absolute Gasteiger partial charge is 0.371 e. The molecule has 2 aromatic rings. The van der Waals surface area contributed by atoms with E-state index in [4.69, 9.17) is 6.42 Å². The van der Waals surface area contributed by atoms with E-state index in [1.165, 1.54) is 24.1 Å². The Hall–Kier alpha value is -2.20. The summed E-state index contributed by atoms with van der Waals surface area (Å²) < 4.78 is 0. The van der Waals surface area contributed by atoms with Crippen LogP contribution in [-0.4, -0.2) is 13.1 Å². The summed E-state index contributed by atoms with van der Waals surface area (Å²) in [4.78, 5) is 2.46. The van der Waals surface area contributed by atoms with Gasteiger partial charge < -0.3 is 4.90 Å². The van der Waals surface area contributed by atoms with Crippen LogP contribution < -0.4 is 4.90 Å². The molecule has 1 aliphatic heterocycles. The van der Waals surface area contributed by atoms with Gasteiger partial charge in [-0.25, -0.2) is 0 Å². The highest BCUT2D eigenvalue weighted by Crippen LogP contribution is 2.30. The fourth-order valence-electron chi connectivity index (χ4n) is 2.96. The van der Waals surface area contributed by atoms with Gasteiger partial charge in [0.25, 0.3) is 0 Å². The monoisotopic (exact) mass is 261 g/mol. The second kappa shape index (κ2) is 5.84. The van der Waals surface area contributed by atoms with Gasteiger partial charge in [-0.15, -0.1) is 6.42 Å². The summed E-state index contributed by atoms with van der Waals surface area (Å²) >= 11 is 0. The van der Waals surface area contributed by atoms with Crippen molar-refractivity contribution in [3.8, 4) is 12.3 Å². The van der Waals surface area contributed by atoms with Gasteiger partial charge in [-0.05, 0) is 48.6 Å². The molecule has 1 heterocycles. The predicted molar refractivity (Wildman–Crippen MR) is 85.0 cm³/mol. The molecule has 1 nitrogen and oxygen atoms in total. The standard InChI is InChI=1S/C19H19N/c1-2-16-8-10-19(11-9-16)20-14-12-18(13-15-20)17-6-4-3-5-7-17/h1,3-11,18H,12-15H2. The lowest BCUT2D eigenvalue weighted by Gasteiger charge is -2.34. The third-order valence-corrected chi connectivity index (χ3v) is 4.17. The Balaban J connectivity index is 1.65. The fourth-order valence-corrected chi connectivity index (χ4v) is 2.96. The van der Waals surface area contributed by atoms with Crippen molar-refractivity contribution in [2.24, 2.45) is 0 Å². The second-order valence-corrected chi connectivity index (χ2v) is 5.36. The number of benzene rings is 2. The molecule has 1 saturated heterocycles. The van der Waals surface area contributed by atoms with E-state index in [-0.39, 0.29) is 0 Å². The van der Waals surface area contributed by atoms with E-state index in [0.717, 1.165) is 18.7 Å². The van der Waals surface area contributed by atoms with Crippen LogP contribution in [0.4, 0.5) is 5.69 Å². The van der Waals surface area contributed by atoms with E-state index < -0.39 is 0 Å². The lowest BCUT2D eigenvalue weighted by Crippen LogP contribution is -2.32. The summed E-state index contributed by atoms with van der Waals surface area (Å²) in [5.74, 6) is 3.37. The highest BCUT2D eigenvalue weighted by atomic mass is 15.1. The number of rotatable bonds is 2. The smallest absolute Gasteiger partial charge is 0.0367 e. The van der Waals surface area contributed by atoms with Crippen LogP contribution in [0, 0.1) is 12.3 Å². The van der Waals surface area contributed by atoms with Gasteiger partial charge in [-0.2, -0.15) is 0 Å². The van der Waals surface area contributed by atoms with Crippen LogP contribution in [0.25, 0.3) is 0 Å². The summed E-state index contributed by atoms with van der Waals surface area (Å²) in [7, 11) is 0. The molecule has 0 radical (unpaired) electrons. The minimum Gasteiger partial charge on any atom is -0.371 e. The molecule has 100 valence electrons. The van der Waals surface area contributed by atoms with Crippen molar-refractivity contribution in [2.75, 3.05) is 18.0 Å². The molecule has 0 saturated carbocycles. The Morgan fingerprint density at radius 2 is 1.55 bits per heavy atom. The highest BCUT2D eigenvalue weighted by Gasteiger charge is 2.20. The molecule has 1 aliphatic rings. The Labute approximate surface area is 121 Å². The first-order chi connectivity index (χ1) is 9.86. The van der Waals surface area contributed by atoms with Gasteiger partial charge >= 0.3 is 0 Å². The first-order valence-corrected chi connectivity index (χ1v) is 7.23. The summed E-state index contributed by atoms with van der Waals surface area (Å²) in [6.45, 7) is 2.24. The number of terminal acetylenes is 1. The molecule has 0 aliphatic carbocycles. The predicted octanol–water partition coefficient (Wildman–Crippen LogP) is 4.05. The van der Waals surface area contributed by atoms with Gasteiger partial charge in [-0.1, -0.05) is 36.3 Å². The van der Waals surface area contributed by atoms with Gasteiger partial charge in [0.15, 0.2) is 0 Å². The van der Waals surface area contributed by atoms with Crippen LogP contribution in [0.1, 0.15) is 29.9 Å². The Morgan fingerprint density at radius 1 is 0.900 bits per heavy atom. The first kappa shape index (κ1) is 12.8. The minimum absolute atomic E-state index is 0.706. The molecule has 3 rings (SSSR count). The highest BCUT2D eigenvalue weighted by molar-refractivity contribution is 5.50. The molecule has 0 atom stereocenters. The van der Waals surface area contributed by atoms with Crippen LogP contribution in [-0.2, 0) is 0 Å². The number of nitrogens with zero attached hydrogens (tertiary/aromatic N) is 1. The SMILES string of the molecule is C#Cc1ccc(N2CCC(c3ccccc3)CC2)cc1. The normalized spacial score (nSPS) is 15.8. The van der Waals surface area contributed by atoms with Gasteiger partial charge in [-0.3, -0.25) is 0 Å². The Bertz CT molecular complexity index is 584. The summed E-state index contributed by atoms with van der Waals surface area (Å²) in [5, 5.41) is 0. The van der Waals surface area contributed by atoms with Crippen molar-refractivity contribution < 1.29 is 0 Å². The van der Waals surface area contributed by atoms with Crippen LogP contribution in [0.3, 0.4) is 0 Å². The maximum absolute atomic E-state index is 5.40. The van der Waals surface area contributed by atoms with Crippen molar-refractivity contribution in [1.29, 1.82) is 0 Å². The van der Waals surface area contributed by atoms with E-state index in [1.54, 1.807) is 0 Å². The molecule has 2 aromatic carbocycles. The van der Waals surface area contributed by atoms with Gasteiger partial charge in [0, 0.05) is 24.3 Å². The van der Waals surface area contributed by atoms with Gasteiger partial charge in [0.1, 0.15) is 0 Å².